The fourth-order valence-corrected chi connectivity index (χ4v) is 4.68. The van der Waals surface area contributed by atoms with Crippen LogP contribution in [0.25, 0.3) is 10.9 Å². The second-order valence-electron chi connectivity index (χ2n) is 8.10. The van der Waals surface area contributed by atoms with Gasteiger partial charge in [-0.3, -0.25) is 9.59 Å². The van der Waals surface area contributed by atoms with Gasteiger partial charge in [-0.25, -0.2) is 5.01 Å². The Morgan fingerprint density at radius 3 is 2.48 bits per heavy atom. The average Bonchev–Trinajstić information content (AvgIpc) is 3.14. The molecule has 31 heavy (non-hydrogen) atoms. The summed E-state index contributed by atoms with van der Waals surface area (Å²) in [6.45, 7) is 0.304. The molecule has 0 saturated heterocycles. The van der Waals surface area contributed by atoms with Crippen LogP contribution >= 0.6 is 0 Å². The lowest BCUT2D eigenvalue weighted by Crippen LogP contribution is -2.45. The minimum Gasteiger partial charge on any atom is -0.480 e. The molecule has 2 atom stereocenters. The third-order valence-electron chi connectivity index (χ3n) is 6.13. The Labute approximate surface area is 180 Å². The van der Waals surface area contributed by atoms with Gasteiger partial charge in [0.05, 0.1) is 18.2 Å². The van der Waals surface area contributed by atoms with E-state index in [2.05, 4.69) is 12.2 Å². The number of carboxylic acid groups (broad SMARTS) is 1. The maximum Gasteiger partial charge on any atom is 0.323 e. The molecule has 2 unspecified atom stereocenters. The SMILES string of the molecule is O=C(O)Cn1cc(C2=NN(Cc3ccccc3)C(=O)C3CC=CCC23)c2ccccc21. The molecule has 1 aliphatic heterocycles. The molecule has 1 amide bonds. The van der Waals surface area contributed by atoms with Crippen LogP contribution in [0.1, 0.15) is 24.0 Å². The quantitative estimate of drug-likeness (QED) is 0.641. The van der Waals surface area contributed by atoms with Gasteiger partial charge < -0.3 is 9.67 Å². The number of hydrogen-bond acceptors (Lipinski definition) is 3. The van der Waals surface area contributed by atoms with Crippen LogP contribution in [0.2, 0.25) is 0 Å². The van der Waals surface area contributed by atoms with Gasteiger partial charge in [0.15, 0.2) is 0 Å². The highest BCUT2D eigenvalue weighted by atomic mass is 16.4. The van der Waals surface area contributed by atoms with Gasteiger partial charge in [0.2, 0.25) is 5.91 Å². The number of carbonyl (C=O) groups excluding carboxylic acids is 1. The molecule has 1 aromatic heterocycles. The third-order valence-corrected chi connectivity index (χ3v) is 6.13. The first-order chi connectivity index (χ1) is 15.1. The third kappa shape index (κ3) is 3.54. The van der Waals surface area contributed by atoms with Crippen LogP contribution in [0.4, 0.5) is 0 Å². The Kier molecular flexibility index (Phi) is 4.90. The Morgan fingerprint density at radius 2 is 1.71 bits per heavy atom. The molecule has 2 aromatic carbocycles. The van der Waals surface area contributed by atoms with Crippen LogP contribution < -0.4 is 0 Å². The number of hydrazone groups is 1. The summed E-state index contributed by atoms with van der Waals surface area (Å²) in [6.07, 6.45) is 7.53. The van der Waals surface area contributed by atoms with E-state index in [9.17, 15) is 14.7 Å². The fourth-order valence-electron chi connectivity index (χ4n) is 4.68. The molecule has 5 rings (SSSR count). The maximum atomic E-state index is 13.3. The van der Waals surface area contributed by atoms with Crippen LogP contribution in [-0.2, 0) is 22.7 Å². The van der Waals surface area contributed by atoms with Crippen molar-refractivity contribution in [2.24, 2.45) is 16.9 Å². The second kappa shape index (κ2) is 7.87. The molecule has 0 spiro atoms. The number of rotatable bonds is 5. The molecule has 0 radical (unpaired) electrons. The zero-order valence-electron chi connectivity index (χ0n) is 17.0. The van der Waals surface area contributed by atoms with Crippen molar-refractivity contribution in [1.29, 1.82) is 0 Å². The molecule has 2 heterocycles. The van der Waals surface area contributed by atoms with E-state index >= 15 is 0 Å². The van der Waals surface area contributed by atoms with E-state index < -0.39 is 5.97 Å². The number of fused-ring (bicyclic) bond motifs is 2. The number of para-hydroxylation sites is 1. The van der Waals surface area contributed by atoms with Crippen molar-refractivity contribution in [2.75, 3.05) is 0 Å². The number of carbonyl (C=O) groups is 2. The van der Waals surface area contributed by atoms with Crippen molar-refractivity contribution in [1.82, 2.24) is 9.58 Å². The van der Waals surface area contributed by atoms with E-state index in [0.717, 1.165) is 34.2 Å². The molecular formula is C25H23N3O3. The highest BCUT2D eigenvalue weighted by Crippen LogP contribution is 2.37. The number of aromatic nitrogens is 1. The summed E-state index contributed by atoms with van der Waals surface area (Å²) < 4.78 is 1.75. The predicted octanol–water partition coefficient (Wildman–Crippen LogP) is 4.05. The first kappa shape index (κ1) is 19.3. The number of allylic oxidation sites excluding steroid dienone is 2. The van der Waals surface area contributed by atoms with E-state index in [4.69, 9.17) is 5.10 Å². The highest BCUT2D eigenvalue weighted by molar-refractivity contribution is 6.14. The van der Waals surface area contributed by atoms with E-state index in [-0.39, 0.29) is 24.3 Å². The first-order valence-corrected chi connectivity index (χ1v) is 10.5. The number of nitrogens with zero attached hydrogens (tertiary/aromatic N) is 3. The predicted molar refractivity (Wildman–Crippen MR) is 118 cm³/mol. The molecule has 3 aromatic rings. The number of aliphatic carboxylic acids is 1. The second-order valence-corrected chi connectivity index (χ2v) is 8.10. The smallest absolute Gasteiger partial charge is 0.323 e. The Balaban J connectivity index is 1.63. The van der Waals surface area contributed by atoms with Gasteiger partial charge in [0, 0.05) is 28.6 Å². The summed E-state index contributed by atoms with van der Waals surface area (Å²) in [5, 5.41) is 16.8. The minimum atomic E-state index is -0.891. The summed E-state index contributed by atoms with van der Waals surface area (Å²) in [5.41, 5.74) is 3.66. The van der Waals surface area contributed by atoms with Gasteiger partial charge in [-0.2, -0.15) is 5.10 Å². The molecule has 6 heteroatoms. The van der Waals surface area contributed by atoms with Gasteiger partial charge in [-0.15, -0.1) is 0 Å². The van der Waals surface area contributed by atoms with Crippen molar-refractivity contribution < 1.29 is 14.7 Å². The van der Waals surface area contributed by atoms with Crippen LogP contribution in [0.15, 0.2) is 78.0 Å². The van der Waals surface area contributed by atoms with Gasteiger partial charge >= 0.3 is 5.97 Å². The Bertz CT molecular complexity index is 1210. The van der Waals surface area contributed by atoms with E-state index in [1.165, 1.54) is 0 Å². The summed E-state index contributed by atoms with van der Waals surface area (Å²) in [4.78, 5) is 24.7. The van der Waals surface area contributed by atoms with Gasteiger partial charge in [0.25, 0.3) is 0 Å². The normalized spacial score (nSPS) is 20.6. The topological polar surface area (TPSA) is 74.9 Å². The molecule has 2 aliphatic rings. The van der Waals surface area contributed by atoms with Crippen LogP contribution in [-0.4, -0.2) is 32.3 Å². The fraction of sp³-hybridized carbons (Fsp3) is 0.240. The largest absolute Gasteiger partial charge is 0.480 e. The number of hydrogen-bond donors (Lipinski definition) is 1. The van der Waals surface area contributed by atoms with Crippen molar-refractivity contribution in [3.63, 3.8) is 0 Å². The molecule has 0 saturated carbocycles. The van der Waals surface area contributed by atoms with Crippen molar-refractivity contribution in [2.45, 2.75) is 25.9 Å². The average molecular weight is 413 g/mol. The Morgan fingerprint density at radius 1 is 1.00 bits per heavy atom. The van der Waals surface area contributed by atoms with Crippen molar-refractivity contribution >= 4 is 28.5 Å². The molecular weight excluding hydrogens is 390 g/mol. The standard InChI is InChI=1S/C25H23N3O3/c29-23(30)16-27-15-21(18-10-6-7-13-22(18)27)24-19-11-4-5-12-20(19)25(31)28(26-24)14-17-8-2-1-3-9-17/h1-10,13,15,19-20H,11-12,14,16H2,(H,29,30). The van der Waals surface area contributed by atoms with E-state index in [0.29, 0.717) is 13.0 Å². The van der Waals surface area contributed by atoms with Crippen LogP contribution in [0, 0.1) is 11.8 Å². The molecule has 156 valence electrons. The number of amides is 1. The highest BCUT2D eigenvalue weighted by Gasteiger charge is 2.40. The monoisotopic (exact) mass is 413 g/mol. The Hall–Kier alpha value is -3.67. The zero-order chi connectivity index (χ0) is 21.4. The molecule has 1 aliphatic carbocycles. The van der Waals surface area contributed by atoms with Crippen LogP contribution in [0.3, 0.4) is 0 Å². The first-order valence-electron chi connectivity index (χ1n) is 10.5. The number of benzene rings is 2. The molecule has 1 N–H and O–H groups in total. The van der Waals surface area contributed by atoms with Crippen molar-refractivity contribution in [3.05, 3.63) is 84.1 Å². The summed E-state index contributed by atoms with van der Waals surface area (Å²) in [7, 11) is 0. The van der Waals surface area contributed by atoms with Gasteiger partial charge in [-0.1, -0.05) is 60.7 Å². The lowest BCUT2D eigenvalue weighted by molar-refractivity contribution is -0.139. The summed E-state index contributed by atoms with van der Waals surface area (Å²) >= 11 is 0. The molecule has 6 nitrogen and oxygen atoms in total. The summed E-state index contributed by atoms with van der Waals surface area (Å²) in [6, 6.07) is 17.6. The lowest BCUT2D eigenvalue weighted by Gasteiger charge is -2.36. The van der Waals surface area contributed by atoms with Crippen molar-refractivity contribution in [3.8, 4) is 0 Å². The van der Waals surface area contributed by atoms with Gasteiger partial charge in [-0.05, 0) is 24.5 Å². The molecule has 0 fully saturated rings. The number of carboxylic acids is 1. The minimum absolute atomic E-state index is 0.00592. The van der Waals surface area contributed by atoms with E-state index in [1.807, 2.05) is 60.8 Å². The van der Waals surface area contributed by atoms with E-state index in [1.54, 1.807) is 9.58 Å². The lowest BCUT2D eigenvalue weighted by atomic mass is 9.76. The zero-order valence-corrected chi connectivity index (χ0v) is 17.0. The van der Waals surface area contributed by atoms with Crippen LogP contribution in [0.5, 0.6) is 0 Å². The maximum absolute atomic E-state index is 13.3. The summed E-state index contributed by atoms with van der Waals surface area (Å²) in [5.74, 6) is -0.995. The molecule has 0 bridgehead atoms. The van der Waals surface area contributed by atoms with Gasteiger partial charge in [0.1, 0.15) is 6.54 Å².